The van der Waals surface area contributed by atoms with Gasteiger partial charge in [0.15, 0.2) is 0 Å². The highest BCUT2D eigenvalue weighted by Gasteiger charge is 2.30. The third-order valence-corrected chi connectivity index (χ3v) is 6.16. The first-order valence-electron chi connectivity index (χ1n) is 8.76. The Morgan fingerprint density at radius 2 is 2.00 bits per heavy atom. The summed E-state index contributed by atoms with van der Waals surface area (Å²) < 4.78 is 6.38. The second-order valence-electron chi connectivity index (χ2n) is 6.43. The van der Waals surface area contributed by atoms with Crippen LogP contribution in [0.5, 0.6) is 0 Å². The van der Waals surface area contributed by atoms with E-state index in [4.69, 9.17) is 4.74 Å². The van der Waals surface area contributed by atoms with Crippen molar-refractivity contribution in [3.05, 3.63) is 32.1 Å². The molecule has 1 aromatic rings. The summed E-state index contributed by atoms with van der Waals surface area (Å²) in [5.41, 5.74) is 1.02. The van der Waals surface area contributed by atoms with E-state index in [0.717, 1.165) is 37.7 Å². The zero-order chi connectivity index (χ0) is 17.1. The minimum Gasteiger partial charge on any atom is -0.465 e. The molecule has 24 heavy (non-hydrogen) atoms. The van der Waals surface area contributed by atoms with Gasteiger partial charge in [-0.3, -0.25) is 14.2 Å². The maximum Gasteiger partial charge on any atom is 0.328 e. The van der Waals surface area contributed by atoms with Crippen molar-refractivity contribution in [2.24, 2.45) is 0 Å². The van der Waals surface area contributed by atoms with E-state index in [1.807, 2.05) is 0 Å². The quantitative estimate of drug-likeness (QED) is 0.823. The van der Waals surface area contributed by atoms with Crippen molar-refractivity contribution in [2.75, 3.05) is 12.4 Å². The first kappa shape index (κ1) is 17.3. The summed E-state index contributed by atoms with van der Waals surface area (Å²) in [5, 5.41) is -0.00851. The van der Waals surface area contributed by atoms with Crippen LogP contribution in [0.2, 0.25) is 0 Å². The summed E-state index contributed by atoms with van der Waals surface area (Å²) in [6.07, 6.45) is 6.58. The third kappa shape index (κ3) is 3.45. The SMILES string of the molecule is CCOC(=O)CS[C@@H]1CCc2c1[nH]c(=O)n(C1CCCCC1)c2=O. The van der Waals surface area contributed by atoms with Crippen molar-refractivity contribution in [2.45, 2.75) is 63.2 Å². The molecule has 1 atom stereocenters. The fourth-order valence-electron chi connectivity index (χ4n) is 3.75. The van der Waals surface area contributed by atoms with Crippen LogP contribution in [0.3, 0.4) is 0 Å². The monoisotopic (exact) mass is 352 g/mol. The van der Waals surface area contributed by atoms with Gasteiger partial charge >= 0.3 is 11.7 Å². The molecular weight excluding hydrogens is 328 g/mol. The summed E-state index contributed by atoms with van der Waals surface area (Å²) in [4.78, 5) is 39.8. The van der Waals surface area contributed by atoms with E-state index in [-0.39, 0.29) is 34.3 Å². The highest BCUT2D eigenvalue weighted by atomic mass is 32.2. The molecule has 132 valence electrons. The fourth-order valence-corrected chi connectivity index (χ4v) is 4.82. The fraction of sp³-hybridized carbons (Fsp3) is 0.706. The number of rotatable bonds is 5. The number of nitrogens with zero attached hydrogens (tertiary/aromatic N) is 1. The Balaban J connectivity index is 1.82. The Kier molecular flexibility index (Phi) is 5.48. The molecule has 1 saturated carbocycles. The van der Waals surface area contributed by atoms with Crippen LogP contribution in [0, 0.1) is 0 Å². The van der Waals surface area contributed by atoms with E-state index in [0.29, 0.717) is 18.7 Å². The van der Waals surface area contributed by atoms with Crippen molar-refractivity contribution in [3.8, 4) is 0 Å². The average molecular weight is 352 g/mol. The van der Waals surface area contributed by atoms with Gasteiger partial charge in [0.05, 0.1) is 12.4 Å². The number of hydrogen-bond donors (Lipinski definition) is 1. The Bertz CT molecular complexity index is 718. The summed E-state index contributed by atoms with van der Waals surface area (Å²) in [5.74, 6) is -0.0139. The maximum atomic E-state index is 12.8. The van der Waals surface area contributed by atoms with Gasteiger partial charge in [0.25, 0.3) is 5.56 Å². The van der Waals surface area contributed by atoms with Crippen molar-refractivity contribution < 1.29 is 9.53 Å². The molecule has 0 amide bonds. The first-order valence-corrected chi connectivity index (χ1v) is 9.81. The molecule has 2 aliphatic carbocycles. The second kappa shape index (κ2) is 7.59. The van der Waals surface area contributed by atoms with E-state index < -0.39 is 0 Å². The van der Waals surface area contributed by atoms with Crippen molar-refractivity contribution >= 4 is 17.7 Å². The molecule has 6 nitrogen and oxygen atoms in total. The van der Waals surface area contributed by atoms with Gasteiger partial charge in [0.1, 0.15) is 0 Å². The number of fused-ring (bicyclic) bond motifs is 1. The Hall–Kier alpha value is -1.50. The molecular formula is C17H24N2O4S. The molecule has 7 heteroatoms. The van der Waals surface area contributed by atoms with Gasteiger partial charge in [-0.05, 0) is 32.6 Å². The molecule has 0 radical (unpaired) electrons. The lowest BCUT2D eigenvalue weighted by molar-refractivity contribution is -0.139. The molecule has 1 aromatic heterocycles. The Morgan fingerprint density at radius 1 is 1.25 bits per heavy atom. The average Bonchev–Trinajstić information content (AvgIpc) is 2.97. The van der Waals surface area contributed by atoms with Crippen LogP contribution in [0.15, 0.2) is 9.59 Å². The van der Waals surface area contributed by atoms with Gasteiger partial charge in [0, 0.05) is 22.5 Å². The largest absolute Gasteiger partial charge is 0.465 e. The molecule has 0 bridgehead atoms. The van der Waals surface area contributed by atoms with Crippen LogP contribution in [-0.4, -0.2) is 27.9 Å². The molecule has 2 aliphatic rings. The molecule has 0 unspecified atom stereocenters. The van der Waals surface area contributed by atoms with Gasteiger partial charge in [-0.15, -0.1) is 11.8 Å². The topological polar surface area (TPSA) is 81.2 Å². The molecule has 0 saturated heterocycles. The zero-order valence-corrected chi connectivity index (χ0v) is 14.8. The van der Waals surface area contributed by atoms with Gasteiger partial charge in [-0.1, -0.05) is 19.3 Å². The molecule has 0 aromatic carbocycles. The standard InChI is InChI=1S/C17H24N2O4S/c1-2-23-14(20)10-24-13-9-8-12-15(13)18-17(22)19(16(12)21)11-6-4-3-5-7-11/h11,13H,2-10H2,1H3,(H,18,22)/t13-/m1/s1. The van der Waals surface area contributed by atoms with Gasteiger partial charge in [-0.25, -0.2) is 4.79 Å². The predicted molar refractivity (Wildman–Crippen MR) is 93.6 cm³/mol. The number of hydrogen-bond acceptors (Lipinski definition) is 5. The molecule has 1 heterocycles. The first-order chi connectivity index (χ1) is 11.6. The minimum absolute atomic E-state index is 0.00851. The van der Waals surface area contributed by atoms with E-state index in [2.05, 4.69) is 4.98 Å². The number of aromatic amines is 1. The number of thioether (sulfide) groups is 1. The summed E-state index contributed by atoms with van der Waals surface area (Å²) in [6.45, 7) is 2.14. The number of carbonyl (C=O) groups is 1. The lowest BCUT2D eigenvalue weighted by Gasteiger charge is -2.23. The molecule has 1 fully saturated rings. The maximum absolute atomic E-state index is 12.8. The van der Waals surface area contributed by atoms with E-state index >= 15 is 0 Å². The minimum atomic E-state index is -0.297. The van der Waals surface area contributed by atoms with Crippen LogP contribution >= 0.6 is 11.8 Å². The number of aromatic nitrogens is 2. The molecule has 1 N–H and O–H groups in total. The number of ether oxygens (including phenoxy) is 1. The molecule has 0 spiro atoms. The van der Waals surface area contributed by atoms with Crippen molar-refractivity contribution in [1.29, 1.82) is 0 Å². The lowest BCUT2D eigenvalue weighted by atomic mass is 9.95. The lowest BCUT2D eigenvalue weighted by Crippen LogP contribution is -2.41. The zero-order valence-electron chi connectivity index (χ0n) is 14.0. The number of nitrogens with one attached hydrogen (secondary N) is 1. The van der Waals surface area contributed by atoms with E-state index in [1.54, 1.807) is 6.92 Å². The number of H-pyrrole nitrogens is 1. The number of carbonyl (C=O) groups excluding carboxylic acids is 1. The van der Waals surface area contributed by atoms with Crippen molar-refractivity contribution in [3.63, 3.8) is 0 Å². The normalized spacial score (nSPS) is 20.8. The summed E-state index contributed by atoms with van der Waals surface area (Å²) in [6, 6.07) is 0.0338. The Morgan fingerprint density at radius 3 is 2.71 bits per heavy atom. The Labute approximate surface area is 145 Å². The predicted octanol–water partition coefficient (Wildman–Crippen LogP) is 2.33. The van der Waals surface area contributed by atoms with Crippen LogP contribution in [0.25, 0.3) is 0 Å². The molecule has 0 aliphatic heterocycles. The van der Waals surface area contributed by atoms with Crippen LogP contribution in [0.1, 0.15) is 68.0 Å². The van der Waals surface area contributed by atoms with E-state index in [9.17, 15) is 14.4 Å². The highest BCUT2D eigenvalue weighted by Crippen LogP contribution is 2.38. The smallest absolute Gasteiger partial charge is 0.328 e. The number of esters is 1. The van der Waals surface area contributed by atoms with Gasteiger partial charge < -0.3 is 9.72 Å². The summed E-state index contributed by atoms with van der Waals surface area (Å²) in [7, 11) is 0. The van der Waals surface area contributed by atoms with Crippen LogP contribution in [-0.2, 0) is 16.0 Å². The highest BCUT2D eigenvalue weighted by molar-refractivity contribution is 8.00. The second-order valence-corrected chi connectivity index (χ2v) is 7.62. The van der Waals surface area contributed by atoms with E-state index in [1.165, 1.54) is 22.7 Å². The third-order valence-electron chi connectivity index (χ3n) is 4.89. The van der Waals surface area contributed by atoms with Gasteiger partial charge in [-0.2, -0.15) is 0 Å². The summed E-state index contributed by atoms with van der Waals surface area (Å²) >= 11 is 1.44. The van der Waals surface area contributed by atoms with Crippen molar-refractivity contribution in [1.82, 2.24) is 9.55 Å². The van der Waals surface area contributed by atoms with Crippen LogP contribution < -0.4 is 11.2 Å². The van der Waals surface area contributed by atoms with Crippen LogP contribution in [0.4, 0.5) is 0 Å². The molecule has 3 rings (SSSR count). The van der Waals surface area contributed by atoms with Gasteiger partial charge in [0.2, 0.25) is 0 Å².